The van der Waals surface area contributed by atoms with Crippen molar-refractivity contribution in [1.29, 1.82) is 0 Å². The lowest BCUT2D eigenvalue weighted by Crippen LogP contribution is -2.30. The number of hydrogen-bond donors (Lipinski definition) is 1. The predicted molar refractivity (Wildman–Crippen MR) is 97.1 cm³/mol. The van der Waals surface area contributed by atoms with Crippen LogP contribution in [0.2, 0.25) is 0 Å². The zero-order valence-electron chi connectivity index (χ0n) is 12.8. The molecule has 1 unspecified atom stereocenters. The van der Waals surface area contributed by atoms with Crippen molar-refractivity contribution in [2.45, 2.75) is 39.2 Å². The first-order valence-corrected chi connectivity index (χ1v) is 9.31. The molecule has 0 radical (unpaired) electrons. The number of aryl methyl sites for hydroxylation is 1. The van der Waals surface area contributed by atoms with Gasteiger partial charge in [-0.3, -0.25) is 0 Å². The fourth-order valence-electron chi connectivity index (χ4n) is 2.45. The molecule has 0 aliphatic rings. The van der Waals surface area contributed by atoms with Gasteiger partial charge in [0.05, 0.1) is 0 Å². The first kappa shape index (κ1) is 16.7. The molecule has 0 saturated carbocycles. The first-order chi connectivity index (χ1) is 10.1. The van der Waals surface area contributed by atoms with Crippen LogP contribution in [-0.2, 0) is 12.8 Å². The van der Waals surface area contributed by atoms with E-state index < -0.39 is 0 Å². The minimum Gasteiger partial charge on any atom is -0.314 e. The lowest BCUT2D eigenvalue weighted by Gasteiger charge is -2.20. The molecule has 1 aromatic heterocycles. The van der Waals surface area contributed by atoms with Gasteiger partial charge in [-0.25, -0.2) is 0 Å². The minimum absolute atomic E-state index is 0.549. The number of halogens is 1. The molecule has 0 aliphatic heterocycles. The molecule has 0 aliphatic carbocycles. The maximum Gasteiger partial charge on any atom is 0.0207 e. The van der Waals surface area contributed by atoms with Crippen molar-refractivity contribution in [2.24, 2.45) is 5.92 Å². The summed E-state index contributed by atoms with van der Waals surface area (Å²) in [6.45, 7) is 5.52. The Labute approximate surface area is 140 Å². The molecular formula is C18H24BrNS. The normalized spacial score (nSPS) is 12.8. The summed E-state index contributed by atoms with van der Waals surface area (Å²) in [5.74, 6) is 0.674. The molecule has 2 rings (SSSR count). The second-order valence-corrected chi connectivity index (χ2v) is 7.73. The zero-order chi connectivity index (χ0) is 15.1. The molecule has 3 heteroatoms. The topological polar surface area (TPSA) is 12.0 Å². The predicted octanol–water partition coefficient (Wildman–Crippen LogP) is 5.30. The van der Waals surface area contributed by atoms with E-state index in [0.717, 1.165) is 13.0 Å². The first-order valence-electron chi connectivity index (χ1n) is 7.64. The highest BCUT2D eigenvalue weighted by Crippen LogP contribution is 2.23. The second-order valence-electron chi connectivity index (χ2n) is 5.84. The van der Waals surface area contributed by atoms with Crippen LogP contribution in [0.25, 0.3) is 0 Å². The molecule has 0 saturated heterocycles. The van der Waals surface area contributed by atoms with Gasteiger partial charge in [0.2, 0.25) is 0 Å². The van der Waals surface area contributed by atoms with Crippen LogP contribution in [0.5, 0.6) is 0 Å². The van der Waals surface area contributed by atoms with Crippen molar-refractivity contribution in [2.75, 3.05) is 6.54 Å². The summed E-state index contributed by atoms with van der Waals surface area (Å²) in [6, 6.07) is 13.5. The molecular weight excluding hydrogens is 342 g/mol. The molecule has 1 nitrogen and oxygen atoms in total. The number of rotatable bonds is 8. The van der Waals surface area contributed by atoms with Gasteiger partial charge in [-0.05, 0) is 54.8 Å². The average molecular weight is 366 g/mol. The molecule has 2 aromatic rings. The Kier molecular flexibility index (Phi) is 6.94. The Morgan fingerprint density at radius 2 is 1.95 bits per heavy atom. The number of nitrogens with one attached hydrogen (secondary N) is 1. The Morgan fingerprint density at radius 1 is 1.14 bits per heavy atom. The summed E-state index contributed by atoms with van der Waals surface area (Å²) in [5, 5.41) is 5.77. The van der Waals surface area contributed by atoms with E-state index >= 15 is 0 Å². The van der Waals surface area contributed by atoms with Crippen molar-refractivity contribution in [3.05, 3.63) is 56.7 Å². The van der Waals surface area contributed by atoms with Gasteiger partial charge < -0.3 is 5.32 Å². The standard InChI is InChI=1S/C18H24BrNS/c1-14(2)20-13-15(9-10-17-7-5-11-21-17)12-16-6-3-4-8-18(16)19/h3-8,11,14-15,20H,9-10,12-13H2,1-2H3. The van der Waals surface area contributed by atoms with Gasteiger partial charge in [0, 0.05) is 15.4 Å². The molecule has 1 atom stereocenters. The highest BCUT2D eigenvalue weighted by Gasteiger charge is 2.12. The molecule has 1 aromatic carbocycles. The third-order valence-corrected chi connectivity index (χ3v) is 5.37. The summed E-state index contributed by atoms with van der Waals surface area (Å²) < 4.78 is 1.23. The van der Waals surface area contributed by atoms with E-state index in [2.05, 4.69) is 76.9 Å². The molecule has 0 bridgehead atoms. The van der Waals surface area contributed by atoms with Crippen LogP contribution in [0.3, 0.4) is 0 Å². The van der Waals surface area contributed by atoms with Crippen molar-refractivity contribution in [3.8, 4) is 0 Å². The van der Waals surface area contributed by atoms with Crippen LogP contribution in [0.1, 0.15) is 30.7 Å². The summed E-state index contributed by atoms with van der Waals surface area (Å²) in [6.07, 6.45) is 3.56. The fourth-order valence-corrected chi connectivity index (χ4v) is 3.63. The van der Waals surface area contributed by atoms with Crippen molar-refractivity contribution in [3.63, 3.8) is 0 Å². The van der Waals surface area contributed by atoms with E-state index in [0.29, 0.717) is 12.0 Å². The monoisotopic (exact) mass is 365 g/mol. The smallest absolute Gasteiger partial charge is 0.0207 e. The van der Waals surface area contributed by atoms with Gasteiger partial charge in [-0.15, -0.1) is 11.3 Å². The number of benzene rings is 1. The van der Waals surface area contributed by atoms with E-state index in [1.807, 2.05) is 11.3 Å². The quantitative estimate of drug-likeness (QED) is 0.668. The Bertz CT molecular complexity index is 522. The van der Waals surface area contributed by atoms with E-state index in [1.54, 1.807) is 0 Å². The van der Waals surface area contributed by atoms with Crippen molar-refractivity contribution >= 4 is 27.3 Å². The SMILES string of the molecule is CC(C)NCC(CCc1cccs1)Cc1ccccc1Br. The highest BCUT2D eigenvalue weighted by molar-refractivity contribution is 9.10. The average Bonchev–Trinajstić information content (AvgIpc) is 2.97. The number of hydrogen-bond acceptors (Lipinski definition) is 2. The van der Waals surface area contributed by atoms with E-state index in [9.17, 15) is 0 Å². The molecule has 21 heavy (non-hydrogen) atoms. The lowest BCUT2D eigenvalue weighted by molar-refractivity contribution is 0.422. The van der Waals surface area contributed by atoms with Crippen LogP contribution in [0.15, 0.2) is 46.3 Å². The van der Waals surface area contributed by atoms with Crippen LogP contribution in [0.4, 0.5) is 0 Å². The largest absolute Gasteiger partial charge is 0.314 e. The van der Waals surface area contributed by atoms with E-state index in [-0.39, 0.29) is 0 Å². The fraction of sp³-hybridized carbons (Fsp3) is 0.444. The second kappa shape index (κ2) is 8.72. The third kappa shape index (κ3) is 5.93. The summed E-state index contributed by atoms with van der Waals surface area (Å²) >= 11 is 5.55. The Hall–Kier alpha value is -0.640. The maximum atomic E-state index is 3.68. The van der Waals surface area contributed by atoms with Gasteiger partial charge in [0.1, 0.15) is 0 Å². The van der Waals surface area contributed by atoms with Gasteiger partial charge in [0.25, 0.3) is 0 Å². The summed E-state index contributed by atoms with van der Waals surface area (Å²) in [5.41, 5.74) is 1.42. The molecule has 0 fully saturated rings. The summed E-state index contributed by atoms with van der Waals surface area (Å²) in [4.78, 5) is 1.50. The van der Waals surface area contributed by atoms with Gasteiger partial charge in [-0.2, -0.15) is 0 Å². The Balaban J connectivity index is 1.95. The van der Waals surface area contributed by atoms with Gasteiger partial charge >= 0.3 is 0 Å². The minimum atomic E-state index is 0.549. The molecule has 0 amide bonds. The Morgan fingerprint density at radius 3 is 2.62 bits per heavy atom. The third-order valence-electron chi connectivity index (χ3n) is 3.66. The van der Waals surface area contributed by atoms with Crippen LogP contribution < -0.4 is 5.32 Å². The van der Waals surface area contributed by atoms with Gasteiger partial charge in [-0.1, -0.05) is 54.0 Å². The molecule has 0 spiro atoms. The molecule has 114 valence electrons. The van der Waals surface area contributed by atoms with Crippen LogP contribution in [0, 0.1) is 5.92 Å². The summed E-state index contributed by atoms with van der Waals surface area (Å²) in [7, 11) is 0. The van der Waals surface area contributed by atoms with E-state index in [4.69, 9.17) is 0 Å². The van der Waals surface area contributed by atoms with Crippen molar-refractivity contribution in [1.82, 2.24) is 5.32 Å². The van der Waals surface area contributed by atoms with Crippen molar-refractivity contribution < 1.29 is 0 Å². The zero-order valence-corrected chi connectivity index (χ0v) is 15.2. The lowest BCUT2D eigenvalue weighted by atomic mass is 9.94. The number of thiophene rings is 1. The van der Waals surface area contributed by atoms with Crippen LogP contribution in [-0.4, -0.2) is 12.6 Å². The van der Waals surface area contributed by atoms with Crippen LogP contribution >= 0.6 is 27.3 Å². The molecule has 1 heterocycles. The van der Waals surface area contributed by atoms with Gasteiger partial charge in [0.15, 0.2) is 0 Å². The molecule has 1 N–H and O–H groups in total. The highest BCUT2D eigenvalue weighted by atomic mass is 79.9. The maximum absolute atomic E-state index is 3.68. The van der Waals surface area contributed by atoms with E-state index in [1.165, 1.54) is 27.8 Å².